The van der Waals surface area contributed by atoms with E-state index in [1.807, 2.05) is 20.8 Å². The number of carbonyl (C=O) groups is 1. The lowest BCUT2D eigenvalue weighted by Crippen LogP contribution is -2.19. The number of esters is 1. The SMILES string of the molecule is COC(=O)c1ccc(C(O)c2cc3cc(C(F)(F)F)ccc3n2S(=O)(=O)c2cccc(C(C)(C)C)c2)s1. The second-order valence-corrected chi connectivity index (χ2v) is 12.4. The minimum absolute atomic E-state index is 0.0100. The maximum absolute atomic E-state index is 13.9. The van der Waals surface area contributed by atoms with Gasteiger partial charge in [0.05, 0.1) is 28.8 Å². The Balaban J connectivity index is 1.96. The molecule has 0 saturated carbocycles. The molecule has 0 aliphatic heterocycles. The molecule has 4 rings (SSSR count). The van der Waals surface area contributed by atoms with Crippen LogP contribution < -0.4 is 0 Å². The molecule has 6 nitrogen and oxygen atoms in total. The minimum atomic E-state index is -4.64. The van der Waals surface area contributed by atoms with Gasteiger partial charge in [-0.25, -0.2) is 17.2 Å². The van der Waals surface area contributed by atoms with E-state index in [0.29, 0.717) is 0 Å². The summed E-state index contributed by atoms with van der Waals surface area (Å²) >= 11 is 0.894. The predicted octanol–water partition coefficient (Wildman–Crippen LogP) is 6.12. The second kappa shape index (κ2) is 9.30. The first kappa shape index (κ1) is 26.9. The van der Waals surface area contributed by atoms with Gasteiger partial charge in [0.25, 0.3) is 10.0 Å². The van der Waals surface area contributed by atoms with E-state index in [0.717, 1.165) is 39.1 Å². The number of halogens is 3. The monoisotopic (exact) mass is 551 g/mol. The number of aliphatic hydroxyl groups is 1. The Labute approximate surface area is 216 Å². The molecule has 0 amide bonds. The highest BCUT2D eigenvalue weighted by molar-refractivity contribution is 7.90. The molecular weight excluding hydrogens is 527 g/mol. The molecule has 1 atom stereocenters. The van der Waals surface area contributed by atoms with Crippen LogP contribution in [0, 0.1) is 0 Å². The maximum Gasteiger partial charge on any atom is 0.416 e. The van der Waals surface area contributed by atoms with Gasteiger partial charge in [0, 0.05) is 10.3 Å². The third kappa shape index (κ3) is 5.03. The van der Waals surface area contributed by atoms with Gasteiger partial charge in [-0.05, 0) is 59.5 Å². The summed E-state index contributed by atoms with van der Waals surface area (Å²) in [6.07, 6.45) is -6.19. The Bertz CT molecular complexity index is 1590. The number of ether oxygens (including phenoxy) is 1. The summed E-state index contributed by atoms with van der Waals surface area (Å²) in [5, 5.41) is 11.2. The van der Waals surface area contributed by atoms with Crippen molar-refractivity contribution in [1.29, 1.82) is 0 Å². The zero-order chi connectivity index (χ0) is 27.3. The van der Waals surface area contributed by atoms with Crippen molar-refractivity contribution in [3.05, 3.63) is 87.2 Å². The number of carbonyl (C=O) groups excluding carboxylic acids is 1. The molecule has 1 N–H and O–H groups in total. The summed E-state index contributed by atoms with van der Waals surface area (Å²) in [6, 6.07) is 13.1. The molecule has 4 aromatic rings. The summed E-state index contributed by atoms with van der Waals surface area (Å²) in [5.74, 6) is -0.634. The van der Waals surface area contributed by atoms with Crippen molar-refractivity contribution in [1.82, 2.24) is 3.97 Å². The number of methoxy groups -OCH3 is 1. The van der Waals surface area contributed by atoms with Crippen LogP contribution in [0.3, 0.4) is 0 Å². The average Bonchev–Trinajstić information content (AvgIpc) is 3.47. The molecular formula is C26H24F3NO5S2. The number of aliphatic hydroxyl groups excluding tert-OH is 1. The molecule has 0 aliphatic rings. The van der Waals surface area contributed by atoms with Gasteiger partial charge >= 0.3 is 12.1 Å². The van der Waals surface area contributed by atoms with Crippen molar-refractivity contribution in [2.24, 2.45) is 0 Å². The fourth-order valence-corrected chi connectivity index (χ4v) is 6.45. The van der Waals surface area contributed by atoms with Crippen LogP contribution in [0.4, 0.5) is 13.2 Å². The summed E-state index contributed by atoms with van der Waals surface area (Å²) in [7, 11) is -3.16. The fraction of sp³-hybridized carbons (Fsp3) is 0.269. The van der Waals surface area contributed by atoms with Gasteiger partial charge < -0.3 is 9.84 Å². The standard InChI is InChI=1S/C26H24F3NO5S2/c1-25(2,3)16-6-5-7-18(14-16)37(33,34)30-19-9-8-17(26(27,28)29)12-15(19)13-20(30)23(31)21-10-11-22(36-21)24(32)35-4/h5-14,23,31H,1-4H3. The molecule has 196 valence electrons. The lowest BCUT2D eigenvalue weighted by Gasteiger charge is -2.21. The fourth-order valence-electron chi connectivity index (χ4n) is 3.93. The number of hydrogen-bond acceptors (Lipinski definition) is 6. The molecule has 0 spiro atoms. The van der Waals surface area contributed by atoms with E-state index < -0.39 is 33.8 Å². The molecule has 37 heavy (non-hydrogen) atoms. The molecule has 0 aliphatic carbocycles. The number of rotatable bonds is 5. The number of fused-ring (bicyclic) bond motifs is 1. The number of hydrogen-bond donors (Lipinski definition) is 1. The predicted molar refractivity (Wildman–Crippen MR) is 134 cm³/mol. The molecule has 11 heteroatoms. The molecule has 2 aromatic carbocycles. The topological polar surface area (TPSA) is 85.6 Å². The first-order valence-electron chi connectivity index (χ1n) is 11.1. The lowest BCUT2D eigenvalue weighted by molar-refractivity contribution is -0.137. The zero-order valence-corrected chi connectivity index (χ0v) is 22.0. The highest BCUT2D eigenvalue weighted by Crippen LogP contribution is 2.38. The molecule has 2 heterocycles. The Hall–Kier alpha value is -3.15. The molecule has 0 radical (unpaired) electrons. The number of alkyl halides is 3. The van der Waals surface area contributed by atoms with Crippen LogP contribution in [0.5, 0.6) is 0 Å². The van der Waals surface area contributed by atoms with Crippen LogP contribution in [-0.4, -0.2) is 30.6 Å². The van der Waals surface area contributed by atoms with Crippen LogP contribution in [0.25, 0.3) is 10.9 Å². The number of aromatic nitrogens is 1. The Kier molecular flexibility index (Phi) is 6.76. The first-order chi connectivity index (χ1) is 17.1. The maximum atomic E-state index is 13.9. The van der Waals surface area contributed by atoms with Crippen LogP contribution in [0.15, 0.2) is 65.6 Å². The third-order valence-corrected chi connectivity index (χ3v) is 8.77. The van der Waals surface area contributed by atoms with Crippen LogP contribution >= 0.6 is 11.3 Å². The van der Waals surface area contributed by atoms with Crippen LogP contribution in [0.2, 0.25) is 0 Å². The van der Waals surface area contributed by atoms with Crippen molar-refractivity contribution in [2.45, 2.75) is 43.4 Å². The Morgan fingerprint density at radius 2 is 1.70 bits per heavy atom. The van der Waals surface area contributed by atoms with Crippen molar-refractivity contribution >= 4 is 38.2 Å². The summed E-state index contributed by atoms with van der Waals surface area (Å²) in [5.41, 5.74) is -0.751. The minimum Gasteiger partial charge on any atom is -0.465 e. The largest absolute Gasteiger partial charge is 0.465 e. The van der Waals surface area contributed by atoms with Crippen LogP contribution in [0.1, 0.15) is 58.2 Å². The Morgan fingerprint density at radius 3 is 2.32 bits per heavy atom. The van der Waals surface area contributed by atoms with E-state index in [1.165, 1.54) is 37.4 Å². The van der Waals surface area contributed by atoms with Crippen LogP contribution in [-0.2, 0) is 26.4 Å². The van der Waals surface area contributed by atoms with Gasteiger partial charge in [-0.15, -0.1) is 11.3 Å². The van der Waals surface area contributed by atoms with E-state index in [1.54, 1.807) is 12.1 Å². The quantitative estimate of drug-likeness (QED) is 0.302. The van der Waals surface area contributed by atoms with E-state index in [-0.39, 0.29) is 36.7 Å². The van der Waals surface area contributed by atoms with Gasteiger partial charge in [-0.3, -0.25) is 0 Å². The normalized spacial score (nSPS) is 13.6. The Morgan fingerprint density at radius 1 is 1.00 bits per heavy atom. The smallest absolute Gasteiger partial charge is 0.416 e. The van der Waals surface area contributed by atoms with Crippen molar-refractivity contribution < 1.29 is 36.2 Å². The summed E-state index contributed by atoms with van der Waals surface area (Å²) in [4.78, 5) is 12.2. The molecule has 0 bridgehead atoms. The third-order valence-electron chi connectivity index (χ3n) is 5.91. The van der Waals surface area contributed by atoms with Crippen molar-refractivity contribution in [3.8, 4) is 0 Å². The lowest BCUT2D eigenvalue weighted by atomic mass is 9.87. The van der Waals surface area contributed by atoms with Gasteiger partial charge in [0.2, 0.25) is 0 Å². The molecule has 0 fully saturated rings. The number of benzene rings is 2. The molecule has 0 saturated heterocycles. The number of thiophene rings is 1. The van der Waals surface area contributed by atoms with Gasteiger partial charge in [0.15, 0.2) is 0 Å². The van der Waals surface area contributed by atoms with Crippen molar-refractivity contribution in [2.75, 3.05) is 7.11 Å². The van der Waals surface area contributed by atoms with E-state index in [4.69, 9.17) is 0 Å². The van der Waals surface area contributed by atoms with Gasteiger partial charge in [-0.1, -0.05) is 32.9 Å². The molecule has 1 unspecified atom stereocenters. The highest BCUT2D eigenvalue weighted by atomic mass is 32.2. The van der Waals surface area contributed by atoms with Crippen molar-refractivity contribution in [3.63, 3.8) is 0 Å². The summed E-state index contributed by atoms with van der Waals surface area (Å²) < 4.78 is 73.6. The summed E-state index contributed by atoms with van der Waals surface area (Å²) in [6.45, 7) is 5.77. The van der Waals surface area contributed by atoms with Gasteiger partial charge in [0.1, 0.15) is 11.0 Å². The van der Waals surface area contributed by atoms with E-state index in [2.05, 4.69) is 4.74 Å². The average molecular weight is 552 g/mol. The molecule has 2 aromatic heterocycles. The number of nitrogens with zero attached hydrogens (tertiary/aromatic N) is 1. The second-order valence-electron chi connectivity index (χ2n) is 9.48. The van der Waals surface area contributed by atoms with E-state index >= 15 is 0 Å². The highest BCUT2D eigenvalue weighted by Gasteiger charge is 2.33. The van der Waals surface area contributed by atoms with E-state index in [9.17, 15) is 31.5 Å². The van der Waals surface area contributed by atoms with Gasteiger partial charge in [-0.2, -0.15) is 13.2 Å². The zero-order valence-electron chi connectivity index (χ0n) is 20.3. The first-order valence-corrected chi connectivity index (χ1v) is 13.3.